The molecule has 2 unspecified atom stereocenters. The average Bonchev–Trinajstić information content (AvgIpc) is 3.25. The number of carboxylic acid groups (broad SMARTS) is 1. The van der Waals surface area contributed by atoms with Gasteiger partial charge in [-0.05, 0) is 56.1 Å². The van der Waals surface area contributed by atoms with Gasteiger partial charge in [-0.25, -0.2) is 0 Å². The zero-order valence-corrected chi connectivity index (χ0v) is 12.5. The van der Waals surface area contributed by atoms with E-state index in [1.54, 1.807) is 6.08 Å². The van der Waals surface area contributed by atoms with Crippen LogP contribution in [0.1, 0.15) is 51.4 Å². The molecule has 3 heteroatoms. The lowest BCUT2D eigenvalue weighted by Crippen LogP contribution is -1.99. The summed E-state index contributed by atoms with van der Waals surface area (Å²) >= 11 is 0. The van der Waals surface area contributed by atoms with Crippen LogP contribution in [0.25, 0.3) is 0 Å². The minimum atomic E-state index is -0.730. The van der Waals surface area contributed by atoms with Crippen molar-refractivity contribution in [3.8, 4) is 0 Å². The van der Waals surface area contributed by atoms with Crippen LogP contribution in [-0.4, -0.2) is 16.9 Å². The zero-order chi connectivity index (χ0) is 15.1. The van der Waals surface area contributed by atoms with Gasteiger partial charge in [0, 0.05) is 12.3 Å². The number of carbonyl (C=O) groups is 2. The number of rotatable bonds is 8. The van der Waals surface area contributed by atoms with E-state index in [0.29, 0.717) is 5.92 Å². The van der Waals surface area contributed by atoms with Gasteiger partial charge in [-0.15, -0.1) is 0 Å². The highest BCUT2D eigenvalue weighted by Crippen LogP contribution is 2.43. The number of hydrogen-bond donors (Lipinski definition) is 1. The quantitative estimate of drug-likeness (QED) is 0.416. The SMILES string of the molecule is O=C(O)CCCCC1CC1C(=O)C=CC1=CCCC=CC1. The molecule has 21 heavy (non-hydrogen) atoms. The fourth-order valence-corrected chi connectivity index (χ4v) is 2.83. The third-order valence-corrected chi connectivity index (χ3v) is 4.23. The standard InChI is InChI=1S/C18H24O3/c19-17(12-11-14-7-3-1-2-4-8-14)16-13-15(16)9-5-6-10-18(20)21/h1,3,8,11-12,15-16H,2,4-7,9-10,13H2,(H,20,21). The Balaban J connectivity index is 1.67. The van der Waals surface area contributed by atoms with E-state index in [4.69, 9.17) is 5.11 Å². The van der Waals surface area contributed by atoms with Crippen molar-refractivity contribution < 1.29 is 14.7 Å². The van der Waals surface area contributed by atoms with E-state index in [9.17, 15) is 9.59 Å². The van der Waals surface area contributed by atoms with Crippen molar-refractivity contribution in [1.29, 1.82) is 0 Å². The zero-order valence-electron chi connectivity index (χ0n) is 12.5. The molecular weight excluding hydrogens is 264 g/mol. The molecule has 114 valence electrons. The predicted octanol–water partition coefficient (Wildman–Crippen LogP) is 4.06. The third-order valence-electron chi connectivity index (χ3n) is 4.23. The maximum atomic E-state index is 12.1. The lowest BCUT2D eigenvalue weighted by atomic mass is 10.1. The first-order chi connectivity index (χ1) is 10.2. The van der Waals surface area contributed by atoms with Crippen LogP contribution in [0.3, 0.4) is 0 Å². The van der Waals surface area contributed by atoms with E-state index in [1.165, 1.54) is 5.57 Å². The van der Waals surface area contributed by atoms with E-state index in [1.807, 2.05) is 6.08 Å². The molecule has 0 aromatic rings. The van der Waals surface area contributed by atoms with Crippen molar-refractivity contribution in [3.63, 3.8) is 0 Å². The number of unbranched alkanes of at least 4 members (excludes halogenated alkanes) is 1. The summed E-state index contributed by atoms with van der Waals surface area (Å²) in [4.78, 5) is 22.5. The van der Waals surface area contributed by atoms with Gasteiger partial charge in [0.05, 0.1) is 0 Å². The molecule has 0 aromatic carbocycles. The first-order valence-electron chi connectivity index (χ1n) is 7.94. The van der Waals surface area contributed by atoms with Gasteiger partial charge in [-0.1, -0.05) is 30.7 Å². The average molecular weight is 288 g/mol. The van der Waals surface area contributed by atoms with E-state index in [2.05, 4.69) is 18.2 Å². The van der Waals surface area contributed by atoms with Gasteiger partial charge in [0.15, 0.2) is 5.78 Å². The molecule has 2 rings (SSSR count). The van der Waals surface area contributed by atoms with E-state index in [0.717, 1.165) is 44.9 Å². The smallest absolute Gasteiger partial charge is 0.303 e. The molecule has 1 saturated carbocycles. The van der Waals surface area contributed by atoms with Crippen LogP contribution in [0.4, 0.5) is 0 Å². The second-order valence-corrected chi connectivity index (χ2v) is 6.01. The Morgan fingerprint density at radius 2 is 2.10 bits per heavy atom. The number of carbonyl (C=O) groups excluding carboxylic acids is 1. The lowest BCUT2D eigenvalue weighted by molar-refractivity contribution is -0.137. The molecule has 2 aliphatic rings. The highest BCUT2D eigenvalue weighted by molar-refractivity contribution is 5.94. The van der Waals surface area contributed by atoms with Gasteiger partial charge < -0.3 is 5.11 Å². The predicted molar refractivity (Wildman–Crippen MR) is 82.9 cm³/mol. The topological polar surface area (TPSA) is 54.4 Å². The summed E-state index contributed by atoms with van der Waals surface area (Å²) in [7, 11) is 0. The summed E-state index contributed by atoms with van der Waals surface area (Å²) in [5, 5.41) is 8.58. The minimum Gasteiger partial charge on any atom is -0.481 e. The molecule has 1 N–H and O–H groups in total. The van der Waals surface area contributed by atoms with Crippen LogP contribution in [-0.2, 0) is 9.59 Å². The van der Waals surface area contributed by atoms with Crippen LogP contribution >= 0.6 is 0 Å². The summed E-state index contributed by atoms with van der Waals surface area (Å²) in [5.41, 5.74) is 1.23. The number of hydrogen-bond acceptors (Lipinski definition) is 2. The lowest BCUT2D eigenvalue weighted by Gasteiger charge is -1.98. The summed E-state index contributed by atoms with van der Waals surface area (Å²) in [5.74, 6) is 0.186. The summed E-state index contributed by atoms with van der Waals surface area (Å²) in [6.45, 7) is 0. The Bertz CT molecular complexity index is 471. The van der Waals surface area contributed by atoms with Crippen molar-refractivity contribution in [2.24, 2.45) is 11.8 Å². The summed E-state index contributed by atoms with van der Waals surface area (Å²) in [6.07, 6.45) is 17.2. The van der Waals surface area contributed by atoms with Crippen LogP contribution in [0, 0.1) is 11.8 Å². The highest BCUT2D eigenvalue weighted by atomic mass is 16.4. The van der Waals surface area contributed by atoms with Crippen LogP contribution < -0.4 is 0 Å². The largest absolute Gasteiger partial charge is 0.481 e. The van der Waals surface area contributed by atoms with Crippen molar-refractivity contribution in [2.75, 3.05) is 0 Å². The first kappa shape index (κ1) is 15.7. The first-order valence-corrected chi connectivity index (χ1v) is 7.94. The minimum absolute atomic E-state index is 0.188. The van der Waals surface area contributed by atoms with Crippen LogP contribution in [0.5, 0.6) is 0 Å². The second kappa shape index (κ2) is 7.96. The molecule has 0 saturated heterocycles. The maximum Gasteiger partial charge on any atom is 0.303 e. The molecule has 1 fully saturated rings. The molecule has 2 atom stereocenters. The normalized spacial score (nSPS) is 24.7. The van der Waals surface area contributed by atoms with Crippen molar-refractivity contribution >= 4 is 11.8 Å². The van der Waals surface area contributed by atoms with Gasteiger partial charge in [-0.3, -0.25) is 9.59 Å². The molecule has 0 aliphatic heterocycles. The molecule has 3 nitrogen and oxygen atoms in total. The fourth-order valence-electron chi connectivity index (χ4n) is 2.83. The van der Waals surface area contributed by atoms with E-state index >= 15 is 0 Å². The Kier molecular flexibility index (Phi) is 5.97. The number of aliphatic carboxylic acids is 1. The molecule has 0 spiro atoms. The number of carboxylic acids is 1. The van der Waals surface area contributed by atoms with Gasteiger partial charge >= 0.3 is 5.97 Å². The van der Waals surface area contributed by atoms with E-state index < -0.39 is 5.97 Å². The van der Waals surface area contributed by atoms with Gasteiger partial charge in [0.25, 0.3) is 0 Å². The van der Waals surface area contributed by atoms with E-state index in [-0.39, 0.29) is 18.1 Å². The summed E-state index contributed by atoms with van der Waals surface area (Å²) < 4.78 is 0. The maximum absolute atomic E-state index is 12.1. The molecule has 0 amide bonds. The Morgan fingerprint density at radius 3 is 2.90 bits per heavy atom. The monoisotopic (exact) mass is 288 g/mol. The molecular formula is C18H24O3. The van der Waals surface area contributed by atoms with Crippen molar-refractivity contribution in [2.45, 2.75) is 51.4 Å². The van der Waals surface area contributed by atoms with Gasteiger partial charge in [0.2, 0.25) is 0 Å². The Morgan fingerprint density at radius 1 is 1.24 bits per heavy atom. The van der Waals surface area contributed by atoms with Crippen LogP contribution in [0.2, 0.25) is 0 Å². The molecule has 0 bridgehead atoms. The third kappa shape index (κ3) is 5.70. The molecule has 0 aromatic heterocycles. The summed E-state index contributed by atoms with van der Waals surface area (Å²) in [6, 6.07) is 0. The molecule has 0 heterocycles. The number of allylic oxidation sites excluding steroid dienone is 6. The Labute approximate surface area is 126 Å². The molecule has 0 radical (unpaired) electrons. The van der Waals surface area contributed by atoms with Gasteiger partial charge in [0.1, 0.15) is 0 Å². The number of ketones is 1. The van der Waals surface area contributed by atoms with Crippen molar-refractivity contribution in [1.82, 2.24) is 0 Å². The second-order valence-electron chi connectivity index (χ2n) is 6.01. The molecule has 2 aliphatic carbocycles. The van der Waals surface area contributed by atoms with Crippen LogP contribution in [0.15, 0.2) is 36.0 Å². The van der Waals surface area contributed by atoms with Crippen molar-refractivity contribution in [3.05, 3.63) is 36.0 Å². The fraction of sp³-hybridized carbons (Fsp3) is 0.556. The Hall–Kier alpha value is -1.64. The van der Waals surface area contributed by atoms with Gasteiger partial charge in [-0.2, -0.15) is 0 Å². The highest BCUT2D eigenvalue weighted by Gasteiger charge is 2.40.